The van der Waals surface area contributed by atoms with Crippen molar-refractivity contribution in [2.45, 2.75) is 104 Å². The zero-order valence-corrected chi connectivity index (χ0v) is 31.5. The van der Waals surface area contributed by atoms with E-state index in [-0.39, 0.29) is 29.2 Å². The fraction of sp³-hybridized carbons (Fsp3) is 0.568. The molecule has 10 nitrogen and oxygen atoms in total. The molecule has 1 unspecified atom stereocenters. The van der Waals surface area contributed by atoms with Crippen LogP contribution in [0.4, 0.5) is 0 Å². The molecule has 3 aromatic rings. The molecule has 3 rings (SSSR count). The Morgan fingerprint density at radius 1 is 0.878 bits per heavy atom. The molecule has 0 aliphatic carbocycles. The van der Waals surface area contributed by atoms with Gasteiger partial charge < -0.3 is 25.0 Å². The summed E-state index contributed by atoms with van der Waals surface area (Å²) >= 11 is 5.95. The van der Waals surface area contributed by atoms with Crippen LogP contribution in [-0.2, 0) is 25.1 Å². The van der Waals surface area contributed by atoms with Crippen LogP contribution in [0.3, 0.4) is 0 Å². The first-order chi connectivity index (χ1) is 23.6. The Bertz CT molecular complexity index is 1410. The molecule has 1 heterocycles. The maximum absolute atomic E-state index is 12.8. The number of unbranched alkanes of at least 4 members (excludes halogenated alkanes) is 9. The van der Waals surface area contributed by atoms with Gasteiger partial charge in [0.25, 0.3) is 0 Å². The zero-order valence-electron chi connectivity index (χ0n) is 29.8. The Hall–Kier alpha value is -2.88. The molecule has 274 valence electrons. The zero-order chi connectivity index (χ0) is 35.9. The van der Waals surface area contributed by atoms with E-state index in [0.717, 1.165) is 74.3 Å². The number of nitrogens with one attached hydrogen (secondary N) is 3. The van der Waals surface area contributed by atoms with Crippen molar-refractivity contribution in [2.75, 3.05) is 32.8 Å². The van der Waals surface area contributed by atoms with Crippen molar-refractivity contribution < 1.29 is 28.1 Å². The van der Waals surface area contributed by atoms with E-state index < -0.39 is 13.9 Å². The fourth-order valence-corrected chi connectivity index (χ4v) is 6.52. The highest BCUT2D eigenvalue weighted by Crippen LogP contribution is 2.45. The number of carbonyl (C=O) groups excluding carboxylic acids is 2. The van der Waals surface area contributed by atoms with E-state index in [9.17, 15) is 19.0 Å². The molecular weight excluding hydrogens is 663 g/mol. The first-order valence-corrected chi connectivity index (χ1v) is 19.7. The van der Waals surface area contributed by atoms with Crippen LogP contribution in [0.2, 0.25) is 5.02 Å². The summed E-state index contributed by atoms with van der Waals surface area (Å²) < 4.78 is 22.1. The van der Waals surface area contributed by atoms with Crippen LogP contribution in [0.1, 0.15) is 97.5 Å². The van der Waals surface area contributed by atoms with Gasteiger partial charge in [0.2, 0.25) is 11.8 Å². The smallest absolute Gasteiger partial charge is 0.403 e. The number of rotatable bonds is 23. The Balaban J connectivity index is 0.00000107. The van der Waals surface area contributed by atoms with Crippen LogP contribution in [0, 0.1) is 0 Å². The minimum atomic E-state index is -4.19. The number of benzene rings is 2. The molecule has 0 radical (unpaired) electrons. The second kappa shape index (κ2) is 24.3. The van der Waals surface area contributed by atoms with Gasteiger partial charge in [0.1, 0.15) is 11.8 Å². The van der Waals surface area contributed by atoms with Crippen LogP contribution in [0.5, 0.6) is 5.75 Å². The lowest BCUT2D eigenvalue weighted by Gasteiger charge is -2.17. The molecule has 49 heavy (non-hydrogen) atoms. The Labute approximate surface area is 298 Å². The Kier molecular flexibility index (Phi) is 21.0. The largest absolute Gasteiger partial charge is 0.527 e. The summed E-state index contributed by atoms with van der Waals surface area (Å²) in [7, 11) is -4.19. The highest BCUT2D eigenvalue weighted by atomic mass is 35.5. The first kappa shape index (κ1) is 42.3. The maximum atomic E-state index is 12.8. The van der Waals surface area contributed by atoms with Gasteiger partial charge in [-0.25, -0.2) is 4.57 Å². The average molecular weight is 721 g/mol. The Morgan fingerprint density at radius 3 is 2.04 bits per heavy atom. The highest BCUT2D eigenvalue weighted by molar-refractivity contribution is 7.47. The van der Waals surface area contributed by atoms with Crippen molar-refractivity contribution in [3.05, 3.63) is 65.3 Å². The van der Waals surface area contributed by atoms with Crippen LogP contribution in [0.25, 0.3) is 10.9 Å². The van der Waals surface area contributed by atoms with Gasteiger partial charge in [-0.05, 0) is 56.2 Å². The van der Waals surface area contributed by atoms with Crippen LogP contribution >= 0.6 is 19.4 Å². The molecule has 0 saturated carbocycles. The van der Waals surface area contributed by atoms with E-state index in [1.807, 2.05) is 30.5 Å². The molecule has 0 spiro atoms. The normalized spacial score (nSPS) is 13.0. The number of hydrogen-bond acceptors (Lipinski definition) is 6. The third kappa shape index (κ3) is 17.6. The number of carbonyl (C=O) groups is 2. The van der Waals surface area contributed by atoms with E-state index in [1.54, 1.807) is 18.2 Å². The molecule has 12 heteroatoms. The number of H-pyrrole nitrogens is 1. The standard InChI is InChI=1S/C31H43ClN3O6P.C6H15N/c1-24(36)35-29(22-25-23-34-28-18-12-10-16-26(25)28)31(37)33-20-14-8-6-4-2-3-5-7-9-15-21-40-42(38,39)41-30-19-13-11-17-27(30)32;1-4-7(5-2)6-3/h10-13,16-19,23,29,34H,2-9,14-15,20-22H2,1H3,(H,33,37)(H,35,36)(H,38,39);4-6H2,1-3H3/t29-;/m1./s1. The minimum absolute atomic E-state index is 0.128. The molecule has 0 bridgehead atoms. The first-order valence-electron chi connectivity index (χ1n) is 17.8. The van der Waals surface area contributed by atoms with Gasteiger partial charge in [0.15, 0.2) is 0 Å². The van der Waals surface area contributed by atoms with E-state index >= 15 is 0 Å². The second-order valence-electron chi connectivity index (χ2n) is 12.1. The molecule has 2 aromatic carbocycles. The van der Waals surface area contributed by atoms with Crippen molar-refractivity contribution in [3.63, 3.8) is 0 Å². The lowest BCUT2D eigenvalue weighted by molar-refractivity contribution is -0.128. The van der Waals surface area contributed by atoms with Gasteiger partial charge in [-0.2, -0.15) is 0 Å². The van der Waals surface area contributed by atoms with Crippen molar-refractivity contribution in [1.29, 1.82) is 0 Å². The van der Waals surface area contributed by atoms with Crippen molar-refractivity contribution >= 4 is 42.1 Å². The monoisotopic (exact) mass is 720 g/mol. The number of para-hydroxylation sites is 2. The van der Waals surface area contributed by atoms with Gasteiger partial charge in [-0.15, -0.1) is 0 Å². The SMILES string of the molecule is CC(=O)N[C@H](Cc1c[nH]c2ccccc12)C(=O)NCCCCCCCCCCCCOP(=O)(O)Oc1ccccc1Cl.CCN(CC)CC. The number of phosphoric acid groups is 1. The number of halogens is 1. The number of hydrogen-bond donors (Lipinski definition) is 4. The molecule has 0 saturated heterocycles. The number of aromatic amines is 1. The summed E-state index contributed by atoms with van der Waals surface area (Å²) in [5, 5.41) is 7.09. The summed E-state index contributed by atoms with van der Waals surface area (Å²) in [5.74, 6) is -0.253. The van der Waals surface area contributed by atoms with Gasteiger partial charge in [0.05, 0.1) is 11.6 Å². The maximum Gasteiger partial charge on any atom is 0.527 e. The molecule has 0 aliphatic rings. The lowest BCUT2D eigenvalue weighted by atomic mass is 10.0. The Morgan fingerprint density at radius 2 is 1.45 bits per heavy atom. The number of fused-ring (bicyclic) bond motifs is 1. The van der Waals surface area contributed by atoms with Crippen LogP contribution < -0.4 is 15.2 Å². The fourth-order valence-electron chi connectivity index (χ4n) is 5.47. The van der Waals surface area contributed by atoms with E-state index in [0.29, 0.717) is 19.4 Å². The number of aromatic nitrogens is 1. The van der Waals surface area contributed by atoms with E-state index in [4.69, 9.17) is 20.6 Å². The number of phosphoric ester groups is 1. The molecule has 0 fully saturated rings. The predicted molar refractivity (Wildman–Crippen MR) is 200 cm³/mol. The number of nitrogens with zero attached hydrogens (tertiary/aromatic N) is 1. The van der Waals surface area contributed by atoms with Crippen molar-refractivity contribution in [2.24, 2.45) is 0 Å². The minimum Gasteiger partial charge on any atom is -0.403 e. The number of amides is 2. The summed E-state index contributed by atoms with van der Waals surface area (Å²) in [5.41, 5.74) is 2.01. The van der Waals surface area contributed by atoms with Gasteiger partial charge >= 0.3 is 7.82 Å². The van der Waals surface area contributed by atoms with E-state index in [1.165, 1.54) is 32.6 Å². The molecule has 2 amide bonds. The van der Waals surface area contributed by atoms with Gasteiger partial charge in [-0.3, -0.25) is 19.0 Å². The van der Waals surface area contributed by atoms with Crippen molar-refractivity contribution in [1.82, 2.24) is 20.5 Å². The van der Waals surface area contributed by atoms with E-state index in [2.05, 4.69) is 41.3 Å². The van der Waals surface area contributed by atoms with Crippen LogP contribution in [0.15, 0.2) is 54.7 Å². The van der Waals surface area contributed by atoms with Crippen LogP contribution in [-0.4, -0.2) is 65.4 Å². The van der Waals surface area contributed by atoms with Gasteiger partial charge in [-0.1, -0.05) is 114 Å². The molecule has 4 N–H and O–H groups in total. The molecule has 2 atom stereocenters. The lowest BCUT2D eigenvalue weighted by Crippen LogP contribution is -2.47. The molecular formula is C37H58ClN4O6P. The third-order valence-electron chi connectivity index (χ3n) is 8.31. The third-order valence-corrected chi connectivity index (χ3v) is 9.56. The molecule has 1 aromatic heterocycles. The molecule has 0 aliphatic heterocycles. The van der Waals surface area contributed by atoms with Crippen molar-refractivity contribution in [3.8, 4) is 5.75 Å². The highest BCUT2D eigenvalue weighted by Gasteiger charge is 2.24. The summed E-state index contributed by atoms with van der Waals surface area (Å²) in [6.45, 7) is 12.3. The quantitative estimate of drug-likeness (QED) is 0.0571. The average Bonchev–Trinajstić information content (AvgIpc) is 3.49. The summed E-state index contributed by atoms with van der Waals surface area (Å²) in [6, 6.07) is 13.8. The second-order valence-corrected chi connectivity index (χ2v) is 13.9. The summed E-state index contributed by atoms with van der Waals surface area (Å²) in [4.78, 5) is 39.9. The topological polar surface area (TPSA) is 133 Å². The predicted octanol–water partition coefficient (Wildman–Crippen LogP) is 8.43. The van der Waals surface area contributed by atoms with Gasteiger partial charge in [0, 0.05) is 37.0 Å². The summed E-state index contributed by atoms with van der Waals surface area (Å²) in [6.07, 6.45) is 12.6.